The van der Waals surface area contributed by atoms with Crippen LogP contribution < -0.4 is 0 Å². The minimum Gasteiger partial charge on any atom is -0.276 e. The molecule has 1 rings (SSSR count). The lowest BCUT2D eigenvalue weighted by atomic mass is 10.8. The van der Waals surface area contributed by atoms with Gasteiger partial charge in [-0.15, -0.1) is 11.8 Å². The normalized spacial score (nSPS) is 17.3. The summed E-state index contributed by atoms with van der Waals surface area (Å²) >= 11 is 1.63. The Morgan fingerprint density at radius 3 is 3.00 bits per heavy atom. The highest BCUT2D eigenvalue weighted by atomic mass is 32.2. The first kappa shape index (κ1) is 4.54. The van der Waals surface area contributed by atoms with Crippen molar-refractivity contribution in [1.29, 1.82) is 5.26 Å². The smallest absolute Gasteiger partial charge is 0.184 e. The van der Waals surface area contributed by atoms with Gasteiger partial charge >= 0.3 is 0 Å². The van der Waals surface area contributed by atoms with Gasteiger partial charge in [-0.3, -0.25) is 4.90 Å². The first-order valence-corrected chi connectivity index (χ1v) is 2.93. The summed E-state index contributed by atoms with van der Waals surface area (Å²) in [5.74, 6) is 0.788. The SMILES string of the molecule is N#CN1C=CSC1. The first-order chi connectivity index (χ1) is 3.43. The molecule has 0 amide bonds. The molecule has 0 spiro atoms. The Balaban J connectivity index is 2.47. The quantitative estimate of drug-likeness (QED) is 0.436. The molecule has 0 aromatic rings. The zero-order valence-electron chi connectivity index (χ0n) is 3.66. The monoisotopic (exact) mass is 112 g/mol. The molecule has 3 heteroatoms. The van der Waals surface area contributed by atoms with E-state index in [0.717, 1.165) is 5.88 Å². The van der Waals surface area contributed by atoms with Crippen LogP contribution in [0, 0.1) is 11.5 Å². The van der Waals surface area contributed by atoms with Gasteiger partial charge in [0.1, 0.15) is 0 Å². The van der Waals surface area contributed by atoms with Crippen LogP contribution in [0.5, 0.6) is 0 Å². The van der Waals surface area contributed by atoms with Gasteiger partial charge in [0.15, 0.2) is 6.19 Å². The average molecular weight is 112 g/mol. The van der Waals surface area contributed by atoms with Gasteiger partial charge in [-0.05, 0) is 5.41 Å². The number of rotatable bonds is 0. The molecule has 0 aromatic carbocycles. The summed E-state index contributed by atoms with van der Waals surface area (Å²) in [6.07, 6.45) is 3.76. The van der Waals surface area contributed by atoms with E-state index in [-0.39, 0.29) is 0 Å². The maximum atomic E-state index is 8.18. The van der Waals surface area contributed by atoms with Gasteiger partial charge in [-0.1, -0.05) is 0 Å². The predicted octanol–water partition coefficient (Wildman–Crippen LogP) is 0.945. The van der Waals surface area contributed by atoms with E-state index in [1.807, 2.05) is 11.6 Å². The lowest BCUT2D eigenvalue weighted by molar-refractivity contribution is 0.635. The van der Waals surface area contributed by atoms with Gasteiger partial charge in [0.2, 0.25) is 0 Å². The first-order valence-electron chi connectivity index (χ1n) is 1.88. The van der Waals surface area contributed by atoms with Crippen molar-refractivity contribution in [1.82, 2.24) is 4.90 Å². The molecule has 1 aliphatic heterocycles. The zero-order valence-corrected chi connectivity index (χ0v) is 4.48. The van der Waals surface area contributed by atoms with Crippen molar-refractivity contribution in [2.75, 3.05) is 5.88 Å². The summed E-state index contributed by atoms with van der Waals surface area (Å²) in [5.41, 5.74) is 0. The summed E-state index contributed by atoms with van der Waals surface area (Å²) in [7, 11) is 0. The van der Waals surface area contributed by atoms with E-state index in [4.69, 9.17) is 5.26 Å². The van der Waals surface area contributed by atoms with Crippen LogP contribution in [0.15, 0.2) is 11.6 Å². The van der Waals surface area contributed by atoms with E-state index in [2.05, 4.69) is 0 Å². The Labute approximate surface area is 46.4 Å². The Kier molecular flexibility index (Phi) is 1.23. The van der Waals surface area contributed by atoms with Crippen molar-refractivity contribution in [2.24, 2.45) is 0 Å². The molecule has 0 fully saturated rings. The number of hydrogen-bond donors (Lipinski definition) is 0. The van der Waals surface area contributed by atoms with Crippen molar-refractivity contribution < 1.29 is 0 Å². The van der Waals surface area contributed by atoms with Crippen LogP contribution >= 0.6 is 11.8 Å². The van der Waals surface area contributed by atoms with E-state index < -0.39 is 0 Å². The van der Waals surface area contributed by atoms with Crippen LogP contribution in [0.1, 0.15) is 0 Å². The molecule has 0 aromatic heterocycles. The van der Waals surface area contributed by atoms with Gasteiger partial charge in [0.25, 0.3) is 0 Å². The molecule has 0 unspecified atom stereocenters. The molecule has 0 atom stereocenters. The standard InChI is InChI=1S/C4H4N2S/c5-3-6-1-2-7-4-6/h1-2H,4H2. The second-order valence-corrected chi connectivity index (χ2v) is 2.01. The summed E-state index contributed by atoms with van der Waals surface area (Å²) in [6, 6.07) is 0. The van der Waals surface area contributed by atoms with E-state index in [1.165, 1.54) is 0 Å². The molecule has 0 N–H and O–H groups in total. The number of nitrogens with zero attached hydrogens (tertiary/aromatic N) is 2. The summed E-state index contributed by atoms with van der Waals surface area (Å²) in [4.78, 5) is 1.57. The van der Waals surface area contributed by atoms with Crippen LogP contribution in [0.4, 0.5) is 0 Å². The largest absolute Gasteiger partial charge is 0.276 e. The fourth-order valence-corrected chi connectivity index (χ4v) is 0.969. The highest BCUT2D eigenvalue weighted by Gasteiger charge is 1.99. The van der Waals surface area contributed by atoms with Crippen molar-refractivity contribution in [2.45, 2.75) is 0 Å². The molecular weight excluding hydrogens is 108 g/mol. The van der Waals surface area contributed by atoms with Gasteiger partial charge < -0.3 is 0 Å². The van der Waals surface area contributed by atoms with Crippen LogP contribution in [-0.4, -0.2) is 10.8 Å². The summed E-state index contributed by atoms with van der Waals surface area (Å²) in [6.45, 7) is 0. The summed E-state index contributed by atoms with van der Waals surface area (Å²) < 4.78 is 0. The van der Waals surface area contributed by atoms with Crippen LogP contribution in [0.3, 0.4) is 0 Å². The van der Waals surface area contributed by atoms with Crippen molar-refractivity contribution in [3.63, 3.8) is 0 Å². The van der Waals surface area contributed by atoms with Crippen LogP contribution in [-0.2, 0) is 0 Å². The average Bonchev–Trinajstić information content (AvgIpc) is 2.14. The molecule has 0 radical (unpaired) electrons. The number of hydrogen-bond acceptors (Lipinski definition) is 3. The molecule has 7 heavy (non-hydrogen) atoms. The Hall–Kier alpha value is -0.620. The fraction of sp³-hybridized carbons (Fsp3) is 0.250. The van der Waals surface area contributed by atoms with E-state index >= 15 is 0 Å². The summed E-state index contributed by atoms with van der Waals surface area (Å²) in [5, 5.41) is 10.1. The maximum absolute atomic E-state index is 8.18. The van der Waals surface area contributed by atoms with Gasteiger partial charge in [-0.25, -0.2) is 0 Å². The Bertz CT molecular complexity index is 124. The van der Waals surface area contributed by atoms with E-state index in [9.17, 15) is 0 Å². The number of thioether (sulfide) groups is 1. The number of nitriles is 1. The van der Waals surface area contributed by atoms with E-state index in [0.29, 0.717) is 0 Å². The maximum Gasteiger partial charge on any atom is 0.184 e. The zero-order chi connectivity index (χ0) is 5.11. The lowest BCUT2D eigenvalue weighted by Crippen LogP contribution is -2.02. The second-order valence-electron chi connectivity index (χ2n) is 1.15. The molecule has 1 aliphatic rings. The Morgan fingerprint density at radius 2 is 2.71 bits per heavy atom. The second kappa shape index (κ2) is 1.90. The van der Waals surface area contributed by atoms with E-state index in [1.54, 1.807) is 22.9 Å². The molecule has 0 aliphatic carbocycles. The molecule has 0 saturated heterocycles. The van der Waals surface area contributed by atoms with Gasteiger partial charge in [-0.2, -0.15) is 5.26 Å². The third-order valence-corrected chi connectivity index (χ3v) is 1.42. The van der Waals surface area contributed by atoms with Crippen molar-refractivity contribution in [3.05, 3.63) is 11.6 Å². The highest BCUT2D eigenvalue weighted by molar-refractivity contribution is 8.02. The van der Waals surface area contributed by atoms with Crippen LogP contribution in [0.2, 0.25) is 0 Å². The highest BCUT2D eigenvalue weighted by Crippen LogP contribution is 2.12. The van der Waals surface area contributed by atoms with Gasteiger partial charge in [0.05, 0.1) is 5.88 Å². The molecular formula is C4H4N2S. The van der Waals surface area contributed by atoms with Gasteiger partial charge in [0, 0.05) is 6.20 Å². The van der Waals surface area contributed by atoms with Crippen molar-refractivity contribution >= 4 is 11.8 Å². The minimum absolute atomic E-state index is 0.788. The predicted molar refractivity (Wildman–Crippen MR) is 29.0 cm³/mol. The van der Waals surface area contributed by atoms with Crippen molar-refractivity contribution in [3.8, 4) is 6.19 Å². The molecule has 2 nitrogen and oxygen atoms in total. The molecule has 0 bridgehead atoms. The third-order valence-electron chi connectivity index (χ3n) is 0.679. The molecule has 1 heterocycles. The Morgan fingerprint density at radius 1 is 1.86 bits per heavy atom. The lowest BCUT2D eigenvalue weighted by Gasteiger charge is -1.96. The third kappa shape index (κ3) is 0.875. The fourth-order valence-electron chi connectivity index (χ4n) is 0.345. The topological polar surface area (TPSA) is 27.0 Å². The van der Waals surface area contributed by atoms with Crippen LogP contribution in [0.25, 0.3) is 0 Å². The minimum atomic E-state index is 0.788. The molecule has 0 saturated carbocycles. The molecule has 36 valence electrons.